The van der Waals surface area contributed by atoms with Crippen molar-refractivity contribution in [1.82, 2.24) is 0 Å². The summed E-state index contributed by atoms with van der Waals surface area (Å²) in [4.78, 5) is 15.7. The number of carbonyl (C=O) groups excluding carboxylic acids is 1. The van der Waals surface area contributed by atoms with E-state index in [0.29, 0.717) is 5.92 Å². The van der Waals surface area contributed by atoms with Gasteiger partial charge >= 0.3 is 0 Å². The lowest BCUT2D eigenvalue weighted by Gasteiger charge is -2.21. The number of ketones is 1. The van der Waals surface area contributed by atoms with Crippen LogP contribution in [0.4, 0.5) is 0 Å². The van der Waals surface area contributed by atoms with Crippen molar-refractivity contribution < 1.29 is 4.79 Å². The first-order valence-corrected chi connectivity index (χ1v) is 4.82. The minimum Gasteiger partial charge on any atom is -0.295 e. The second kappa shape index (κ2) is 3.86. The Bertz CT molecular complexity index is 286. The minimum absolute atomic E-state index is 0.173. The molecule has 1 atom stereocenters. The summed E-state index contributed by atoms with van der Waals surface area (Å²) in [6, 6.07) is 0. The summed E-state index contributed by atoms with van der Waals surface area (Å²) < 4.78 is 0. The van der Waals surface area contributed by atoms with Gasteiger partial charge in [0, 0.05) is 22.9 Å². The van der Waals surface area contributed by atoms with E-state index in [1.807, 2.05) is 6.92 Å². The summed E-state index contributed by atoms with van der Waals surface area (Å²) >= 11 is 0. The summed E-state index contributed by atoms with van der Waals surface area (Å²) in [7, 11) is 0. The Balaban J connectivity index is 2.97. The topological polar surface area (TPSA) is 29.4 Å². The molecule has 1 aliphatic heterocycles. The molecule has 0 N–H and O–H groups in total. The number of hydrogen-bond donors (Lipinski definition) is 0. The number of carbonyl (C=O) groups is 1. The molecule has 0 fully saturated rings. The Morgan fingerprint density at radius 2 is 2.15 bits per heavy atom. The predicted octanol–water partition coefficient (Wildman–Crippen LogP) is 2.74. The van der Waals surface area contributed by atoms with Crippen LogP contribution in [0.2, 0.25) is 0 Å². The third kappa shape index (κ3) is 2.06. The molecule has 2 heteroatoms. The van der Waals surface area contributed by atoms with Crippen molar-refractivity contribution in [2.24, 2.45) is 10.9 Å². The van der Waals surface area contributed by atoms with Gasteiger partial charge in [-0.2, -0.15) is 0 Å². The Labute approximate surface area is 79.8 Å². The van der Waals surface area contributed by atoms with Crippen LogP contribution in [0.25, 0.3) is 0 Å². The Hall–Kier alpha value is -0.920. The summed E-state index contributed by atoms with van der Waals surface area (Å²) in [6.07, 6.45) is 1.95. The van der Waals surface area contributed by atoms with Crippen molar-refractivity contribution in [3.05, 3.63) is 11.3 Å². The zero-order valence-electron chi connectivity index (χ0n) is 8.85. The third-order valence-electron chi connectivity index (χ3n) is 2.74. The fourth-order valence-electron chi connectivity index (χ4n) is 1.80. The number of allylic oxidation sites excluding steroid dienone is 2. The maximum Gasteiger partial charge on any atom is 0.157 e. The number of aliphatic imine (C=N–C) groups is 1. The average Bonchev–Trinajstić information content (AvgIpc) is 2.03. The summed E-state index contributed by atoms with van der Waals surface area (Å²) in [5, 5.41) is 0. The maximum atomic E-state index is 11.3. The van der Waals surface area contributed by atoms with E-state index in [2.05, 4.69) is 18.8 Å². The van der Waals surface area contributed by atoms with Gasteiger partial charge in [-0.05, 0) is 33.6 Å². The lowest BCUT2D eigenvalue weighted by atomic mass is 9.88. The molecule has 1 aliphatic rings. The molecule has 0 spiro atoms. The molecule has 72 valence electrons. The first-order valence-electron chi connectivity index (χ1n) is 4.82. The van der Waals surface area contributed by atoms with Crippen molar-refractivity contribution in [3.8, 4) is 0 Å². The van der Waals surface area contributed by atoms with E-state index in [1.165, 1.54) is 5.71 Å². The summed E-state index contributed by atoms with van der Waals surface area (Å²) in [5.74, 6) is 0.648. The molecule has 1 heterocycles. The van der Waals surface area contributed by atoms with Gasteiger partial charge in [0.25, 0.3) is 0 Å². The van der Waals surface area contributed by atoms with Gasteiger partial charge in [-0.15, -0.1) is 0 Å². The van der Waals surface area contributed by atoms with Gasteiger partial charge < -0.3 is 0 Å². The zero-order chi connectivity index (χ0) is 10.0. The number of nitrogens with zero attached hydrogens (tertiary/aromatic N) is 1. The zero-order valence-corrected chi connectivity index (χ0v) is 8.85. The van der Waals surface area contributed by atoms with Crippen molar-refractivity contribution >= 4 is 11.5 Å². The van der Waals surface area contributed by atoms with Crippen molar-refractivity contribution in [2.75, 3.05) is 0 Å². The van der Waals surface area contributed by atoms with E-state index in [4.69, 9.17) is 0 Å². The summed E-state index contributed by atoms with van der Waals surface area (Å²) in [5.41, 5.74) is 3.00. The SMILES string of the molecule is CCC1CC(C(C)=O)=C(C)N=C1C. The molecule has 0 bridgehead atoms. The van der Waals surface area contributed by atoms with E-state index in [0.717, 1.165) is 24.1 Å². The molecule has 0 aromatic rings. The lowest BCUT2D eigenvalue weighted by Crippen LogP contribution is -2.18. The van der Waals surface area contributed by atoms with Gasteiger partial charge in [0.05, 0.1) is 0 Å². The highest BCUT2D eigenvalue weighted by molar-refractivity contribution is 5.97. The highest BCUT2D eigenvalue weighted by atomic mass is 16.1. The fraction of sp³-hybridized carbons (Fsp3) is 0.636. The molecular weight excluding hydrogens is 162 g/mol. The smallest absolute Gasteiger partial charge is 0.157 e. The van der Waals surface area contributed by atoms with E-state index < -0.39 is 0 Å². The van der Waals surface area contributed by atoms with Crippen LogP contribution in [0.15, 0.2) is 16.3 Å². The molecule has 0 radical (unpaired) electrons. The minimum atomic E-state index is 0.173. The standard InChI is InChI=1S/C11H17NO/c1-5-10-6-11(9(4)13)8(3)12-7(10)2/h10H,5-6H2,1-4H3. The molecule has 1 rings (SSSR count). The largest absolute Gasteiger partial charge is 0.295 e. The molecule has 0 aliphatic carbocycles. The quantitative estimate of drug-likeness (QED) is 0.641. The van der Waals surface area contributed by atoms with E-state index in [9.17, 15) is 4.79 Å². The Kier molecular flexibility index (Phi) is 3.02. The Morgan fingerprint density at radius 1 is 1.54 bits per heavy atom. The fourth-order valence-corrected chi connectivity index (χ4v) is 1.80. The molecular formula is C11H17NO. The molecule has 0 amide bonds. The highest BCUT2D eigenvalue weighted by Crippen LogP contribution is 2.26. The predicted molar refractivity (Wildman–Crippen MR) is 54.9 cm³/mol. The van der Waals surface area contributed by atoms with Gasteiger partial charge in [0.1, 0.15) is 0 Å². The molecule has 0 saturated carbocycles. The number of Topliss-reactive ketones (excluding diaryl/α,β-unsaturated/α-hetero) is 1. The second-order valence-corrected chi connectivity index (χ2v) is 3.68. The molecule has 0 aromatic heterocycles. The first-order chi connectivity index (χ1) is 6.06. The van der Waals surface area contributed by atoms with Crippen molar-refractivity contribution in [3.63, 3.8) is 0 Å². The van der Waals surface area contributed by atoms with E-state index >= 15 is 0 Å². The van der Waals surface area contributed by atoms with Crippen LogP contribution < -0.4 is 0 Å². The molecule has 1 unspecified atom stereocenters. The van der Waals surface area contributed by atoms with Crippen LogP contribution in [0.5, 0.6) is 0 Å². The van der Waals surface area contributed by atoms with Crippen molar-refractivity contribution in [2.45, 2.75) is 40.5 Å². The van der Waals surface area contributed by atoms with Gasteiger partial charge in [-0.1, -0.05) is 6.92 Å². The van der Waals surface area contributed by atoms with E-state index in [1.54, 1.807) is 6.92 Å². The lowest BCUT2D eigenvalue weighted by molar-refractivity contribution is -0.113. The van der Waals surface area contributed by atoms with Crippen molar-refractivity contribution in [1.29, 1.82) is 0 Å². The summed E-state index contributed by atoms with van der Waals surface area (Å²) in [6.45, 7) is 7.74. The van der Waals surface area contributed by atoms with Gasteiger partial charge in [0.15, 0.2) is 5.78 Å². The maximum absolute atomic E-state index is 11.3. The highest BCUT2D eigenvalue weighted by Gasteiger charge is 2.21. The van der Waals surface area contributed by atoms with Gasteiger partial charge in [0.2, 0.25) is 0 Å². The van der Waals surface area contributed by atoms with Crippen LogP contribution in [-0.4, -0.2) is 11.5 Å². The van der Waals surface area contributed by atoms with Crippen LogP contribution in [0.3, 0.4) is 0 Å². The molecule has 0 aromatic carbocycles. The molecule has 2 nitrogen and oxygen atoms in total. The monoisotopic (exact) mass is 179 g/mol. The van der Waals surface area contributed by atoms with E-state index in [-0.39, 0.29) is 5.78 Å². The number of rotatable bonds is 2. The van der Waals surface area contributed by atoms with Gasteiger partial charge in [-0.3, -0.25) is 9.79 Å². The molecule has 0 saturated heterocycles. The van der Waals surface area contributed by atoms with Crippen LogP contribution in [0.1, 0.15) is 40.5 Å². The first kappa shape index (κ1) is 10.2. The molecule has 13 heavy (non-hydrogen) atoms. The third-order valence-corrected chi connectivity index (χ3v) is 2.74. The van der Waals surface area contributed by atoms with Crippen LogP contribution in [0, 0.1) is 5.92 Å². The Morgan fingerprint density at radius 3 is 2.62 bits per heavy atom. The van der Waals surface area contributed by atoms with Crippen LogP contribution >= 0.6 is 0 Å². The van der Waals surface area contributed by atoms with Gasteiger partial charge in [-0.25, -0.2) is 0 Å². The normalized spacial score (nSPS) is 23.1. The second-order valence-electron chi connectivity index (χ2n) is 3.68. The van der Waals surface area contributed by atoms with Crippen LogP contribution in [-0.2, 0) is 4.79 Å². The number of hydrogen-bond acceptors (Lipinski definition) is 2. The average molecular weight is 179 g/mol.